The summed E-state index contributed by atoms with van der Waals surface area (Å²) in [5.74, 6) is 0.397. The number of likely N-dealkylation sites (tertiary alicyclic amines) is 1. The molecule has 3 heteroatoms. The van der Waals surface area contributed by atoms with E-state index in [2.05, 4.69) is 6.42 Å². The topological polar surface area (TPSA) is 44.1 Å². The molecule has 0 bridgehead atoms. The molecule has 0 aromatic rings. The van der Waals surface area contributed by atoms with Crippen molar-refractivity contribution in [1.29, 1.82) is 5.26 Å². The number of amides is 1. The first-order chi connectivity index (χ1) is 6.81. The number of allylic oxidation sites excluding steroid dienone is 1. The first-order valence-electron chi connectivity index (χ1n) is 5.04. The van der Waals surface area contributed by atoms with Crippen LogP contribution >= 0.6 is 0 Å². The van der Waals surface area contributed by atoms with E-state index in [0.717, 1.165) is 25.8 Å². The second-order valence-corrected chi connectivity index (χ2v) is 3.86. The van der Waals surface area contributed by atoms with E-state index < -0.39 is 0 Å². The molecule has 2 fully saturated rings. The first kappa shape index (κ1) is 9.26. The van der Waals surface area contributed by atoms with E-state index >= 15 is 0 Å². The molecule has 0 unspecified atom stereocenters. The fourth-order valence-electron chi connectivity index (χ4n) is 1.60. The third-order valence-corrected chi connectivity index (χ3v) is 2.62. The molecular formula is C11H13N2O. The molecule has 1 aliphatic heterocycles. The van der Waals surface area contributed by atoms with Crippen molar-refractivity contribution in [1.82, 2.24) is 4.90 Å². The van der Waals surface area contributed by atoms with Crippen LogP contribution in [0.25, 0.3) is 0 Å². The molecule has 2 aliphatic rings. The molecule has 0 aromatic heterocycles. The summed E-state index contributed by atoms with van der Waals surface area (Å²) in [6, 6.07) is 2.01. The van der Waals surface area contributed by atoms with Gasteiger partial charge in [0.15, 0.2) is 0 Å². The minimum absolute atomic E-state index is 0.0897. The van der Waals surface area contributed by atoms with Gasteiger partial charge in [-0.05, 0) is 31.6 Å². The standard InChI is InChI=1S/C11H13N2O/c12-8-10(7-9-3-4-9)11(14)13-5-1-2-6-13/h1,7,9H,2-6H2. The minimum Gasteiger partial charge on any atom is -0.338 e. The van der Waals surface area contributed by atoms with Gasteiger partial charge in [-0.1, -0.05) is 6.08 Å². The number of hydrogen-bond acceptors (Lipinski definition) is 2. The van der Waals surface area contributed by atoms with Crippen molar-refractivity contribution in [3.05, 3.63) is 18.1 Å². The van der Waals surface area contributed by atoms with Crippen LogP contribution < -0.4 is 0 Å². The maximum absolute atomic E-state index is 11.8. The fraction of sp³-hybridized carbons (Fsp3) is 0.545. The Balaban J connectivity index is 2.03. The van der Waals surface area contributed by atoms with Crippen LogP contribution in [-0.4, -0.2) is 23.9 Å². The fourth-order valence-corrected chi connectivity index (χ4v) is 1.60. The van der Waals surface area contributed by atoms with E-state index in [-0.39, 0.29) is 5.91 Å². The van der Waals surface area contributed by atoms with Gasteiger partial charge in [-0.3, -0.25) is 4.79 Å². The van der Waals surface area contributed by atoms with Gasteiger partial charge in [-0.15, -0.1) is 0 Å². The summed E-state index contributed by atoms with van der Waals surface area (Å²) in [4.78, 5) is 13.5. The Kier molecular flexibility index (Phi) is 2.53. The zero-order valence-electron chi connectivity index (χ0n) is 8.07. The highest BCUT2D eigenvalue weighted by Gasteiger charge is 2.25. The summed E-state index contributed by atoms with van der Waals surface area (Å²) >= 11 is 0. The summed E-state index contributed by atoms with van der Waals surface area (Å²) < 4.78 is 0. The van der Waals surface area contributed by atoms with Crippen molar-refractivity contribution >= 4 is 5.91 Å². The van der Waals surface area contributed by atoms with Crippen LogP contribution in [0.3, 0.4) is 0 Å². The highest BCUT2D eigenvalue weighted by Crippen LogP contribution is 2.31. The van der Waals surface area contributed by atoms with Crippen LogP contribution in [0, 0.1) is 23.7 Å². The van der Waals surface area contributed by atoms with E-state index in [0.29, 0.717) is 18.0 Å². The van der Waals surface area contributed by atoms with E-state index in [1.165, 1.54) is 0 Å². The van der Waals surface area contributed by atoms with Gasteiger partial charge in [0.25, 0.3) is 5.91 Å². The molecule has 1 amide bonds. The average Bonchev–Trinajstić information content (AvgIpc) is 2.84. The van der Waals surface area contributed by atoms with Crippen molar-refractivity contribution in [3.8, 4) is 6.07 Å². The van der Waals surface area contributed by atoms with Crippen LogP contribution in [0.4, 0.5) is 0 Å². The van der Waals surface area contributed by atoms with Gasteiger partial charge in [0.2, 0.25) is 0 Å². The van der Waals surface area contributed by atoms with E-state index in [1.54, 1.807) is 4.90 Å². The van der Waals surface area contributed by atoms with Gasteiger partial charge < -0.3 is 4.90 Å². The van der Waals surface area contributed by atoms with E-state index in [9.17, 15) is 4.79 Å². The maximum Gasteiger partial charge on any atom is 0.264 e. The lowest BCUT2D eigenvalue weighted by atomic mass is 10.2. The Bertz CT molecular complexity index is 304. The van der Waals surface area contributed by atoms with Crippen molar-refractivity contribution in [2.45, 2.75) is 19.3 Å². The number of rotatable bonds is 2. The van der Waals surface area contributed by atoms with Gasteiger partial charge in [-0.2, -0.15) is 5.26 Å². The number of nitrogens with zero attached hydrogens (tertiary/aromatic N) is 2. The average molecular weight is 189 g/mol. The third kappa shape index (κ3) is 1.95. The summed E-state index contributed by atoms with van der Waals surface area (Å²) in [6.45, 7) is 1.46. The molecule has 0 aromatic carbocycles. The Labute approximate surface area is 84.0 Å². The lowest BCUT2D eigenvalue weighted by molar-refractivity contribution is -0.125. The largest absolute Gasteiger partial charge is 0.338 e. The van der Waals surface area contributed by atoms with Crippen molar-refractivity contribution in [3.63, 3.8) is 0 Å². The Hall–Kier alpha value is -1.30. The Morgan fingerprint density at radius 3 is 2.86 bits per heavy atom. The normalized spacial score (nSPS) is 22.2. The third-order valence-electron chi connectivity index (χ3n) is 2.62. The molecule has 73 valence electrons. The second-order valence-electron chi connectivity index (χ2n) is 3.86. The summed E-state index contributed by atoms with van der Waals surface area (Å²) in [5, 5.41) is 8.86. The second kappa shape index (κ2) is 3.83. The van der Waals surface area contributed by atoms with Crippen molar-refractivity contribution < 1.29 is 4.79 Å². The van der Waals surface area contributed by atoms with Crippen LogP contribution in [0.5, 0.6) is 0 Å². The molecule has 2 rings (SSSR count). The van der Waals surface area contributed by atoms with Gasteiger partial charge in [0.05, 0.1) is 0 Å². The zero-order valence-corrected chi connectivity index (χ0v) is 8.07. The summed E-state index contributed by atoms with van der Waals surface area (Å²) in [7, 11) is 0. The number of nitriles is 1. The van der Waals surface area contributed by atoms with Gasteiger partial charge >= 0.3 is 0 Å². The quantitative estimate of drug-likeness (QED) is 0.485. The molecular weight excluding hydrogens is 176 g/mol. The molecule has 1 heterocycles. The van der Waals surface area contributed by atoms with Crippen LogP contribution in [0.2, 0.25) is 0 Å². The lowest BCUT2D eigenvalue weighted by Gasteiger charge is -2.13. The number of carbonyl (C=O) groups excluding carboxylic acids is 1. The monoisotopic (exact) mass is 189 g/mol. The molecule has 0 spiro atoms. The summed E-state index contributed by atoms with van der Waals surface area (Å²) in [5.41, 5.74) is 0.336. The number of carbonyl (C=O) groups is 1. The van der Waals surface area contributed by atoms with Gasteiger partial charge in [0.1, 0.15) is 11.6 Å². The summed E-state index contributed by atoms with van der Waals surface area (Å²) in [6.07, 6.45) is 7.12. The van der Waals surface area contributed by atoms with Crippen LogP contribution in [-0.2, 0) is 4.79 Å². The molecule has 0 atom stereocenters. The Morgan fingerprint density at radius 1 is 1.57 bits per heavy atom. The molecule has 14 heavy (non-hydrogen) atoms. The molecule has 1 aliphatic carbocycles. The molecule has 1 saturated heterocycles. The van der Waals surface area contributed by atoms with Crippen LogP contribution in [0.15, 0.2) is 11.6 Å². The lowest BCUT2D eigenvalue weighted by Crippen LogP contribution is -2.28. The minimum atomic E-state index is -0.0897. The highest BCUT2D eigenvalue weighted by molar-refractivity contribution is 5.97. The SMILES string of the molecule is N#CC(=CC1CC1)C(=O)N1C[CH]CC1. The molecule has 1 saturated carbocycles. The Morgan fingerprint density at radius 2 is 2.36 bits per heavy atom. The van der Waals surface area contributed by atoms with E-state index in [1.807, 2.05) is 12.1 Å². The first-order valence-corrected chi connectivity index (χ1v) is 5.04. The zero-order chi connectivity index (χ0) is 9.97. The molecule has 3 nitrogen and oxygen atoms in total. The molecule has 0 N–H and O–H groups in total. The highest BCUT2D eigenvalue weighted by atomic mass is 16.2. The van der Waals surface area contributed by atoms with Crippen LogP contribution in [0.1, 0.15) is 19.3 Å². The van der Waals surface area contributed by atoms with Gasteiger partial charge in [0, 0.05) is 13.1 Å². The van der Waals surface area contributed by atoms with Gasteiger partial charge in [-0.25, -0.2) is 0 Å². The maximum atomic E-state index is 11.8. The predicted octanol–water partition coefficient (Wildman–Crippen LogP) is 1.28. The predicted molar refractivity (Wildman–Crippen MR) is 51.9 cm³/mol. The molecule has 1 radical (unpaired) electrons. The van der Waals surface area contributed by atoms with Crippen molar-refractivity contribution in [2.75, 3.05) is 13.1 Å². The smallest absolute Gasteiger partial charge is 0.264 e. The number of hydrogen-bond donors (Lipinski definition) is 0. The van der Waals surface area contributed by atoms with E-state index in [4.69, 9.17) is 5.26 Å². The van der Waals surface area contributed by atoms with Crippen molar-refractivity contribution in [2.24, 2.45) is 5.92 Å².